The maximum absolute atomic E-state index is 9.22. The van der Waals surface area contributed by atoms with Crippen molar-refractivity contribution in [1.82, 2.24) is 9.97 Å². The normalized spacial score (nSPS) is 10.4. The number of aryl methyl sites for hydroxylation is 1. The summed E-state index contributed by atoms with van der Waals surface area (Å²) in [6.45, 7) is 2.03. The van der Waals surface area contributed by atoms with Crippen LogP contribution < -0.4 is 4.74 Å². The molecule has 0 unspecified atom stereocenters. The molecule has 0 radical (unpaired) electrons. The maximum atomic E-state index is 9.22. The van der Waals surface area contributed by atoms with E-state index < -0.39 is 0 Å². The van der Waals surface area contributed by atoms with Crippen LogP contribution in [0.5, 0.6) is 5.75 Å². The van der Waals surface area contributed by atoms with Crippen molar-refractivity contribution in [3.63, 3.8) is 0 Å². The Labute approximate surface area is 110 Å². The van der Waals surface area contributed by atoms with E-state index >= 15 is 0 Å². The van der Waals surface area contributed by atoms with Gasteiger partial charge in [0.2, 0.25) is 0 Å². The number of ether oxygens (including phenoxy) is 1. The highest BCUT2D eigenvalue weighted by Gasteiger charge is 2.06. The molecule has 0 saturated carbocycles. The summed E-state index contributed by atoms with van der Waals surface area (Å²) in [6, 6.07) is 5.42. The number of pyridine rings is 2. The number of aromatic nitrogens is 2. The molecule has 18 heavy (non-hydrogen) atoms. The van der Waals surface area contributed by atoms with Crippen molar-refractivity contribution >= 4 is 11.6 Å². The van der Waals surface area contributed by atoms with E-state index in [1.807, 2.05) is 13.0 Å². The quantitative estimate of drug-likeness (QED) is 0.922. The predicted octanol–water partition coefficient (Wildman–Crippen LogP) is 2.51. The monoisotopic (exact) mass is 264 g/mol. The SMILES string of the molecule is Cc1ccc(OCc2ccncc2Cl)c(CO)n1. The Morgan fingerprint density at radius 1 is 1.33 bits per heavy atom. The summed E-state index contributed by atoms with van der Waals surface area (Å²) in [4.78, 5) is 8.11. The molecule has 0 spiro atoms. The molecule has 0 bridgehead atoms. The fraction of sp³-hybridized carbons (Fsp3) is 0.231. The third-order valence-electron chi connectivity index (χ3n) is 2.46. The third-order valence-corrected chi connectivity index (χ3v) is 2.80. The first-order chi connectivity index (χ1) is 8.70. The van der Waals surface area contributed by atoms with Crippen molar-refractivity contribution in [2.75, 3.05) is 0 Å². The average molecular weight is 265 g/mol. The van der Waals surface area contributed by atoms with Gasteiger partial charge in [-0.25, -0.2) is 0 Å². The van der Waals surface area contributed by atoms with Crippen molar-refractivity contribution in [1.29, 1.82) is 0 Å². The van der Waals surface area contributed by atoms with Crippen LogP contribution in [0.4, 0.5) is 0 Å². The summed E-state index contributed by atoms with van der Waals surface area (Å²) in [5.74, 6) is 0.566. The molecule has 0 amide bonds. The molecule has 0 saturated heterocycles. The Morgan fingerprint density at radius 2 is 2.17 bits per heavy atom. The van der Waals surface area contributed by atoms with Crippen molar-refractivity contribution in [2.24, 2.45) is 0 Å². The van der Waals surface area contributed by atoms with Crippen LogP contribution in [0.3, 0.4) is 0 Å². The average Bonchev–Trinajstić information content (AvgIpc) is 2.39. The zero-order valence-electron chi connectivity index (χ0n) is 9.93. The summed E-state index contributed by atoms with van der Waals surface area (Å²) in [6.07, 6.45) is 3.23. The molecule has 2 aromatic heterocycles. The van der Waals surface area contributed by atoms with Gasteiger partial charge in [0.25, 0.3) is 0 Å². The Balaban J connectivity index is 2.13. The van der Waals surface area contributed by atoms with Crippen LogP contribution in [0.25, 0.3) is 0 Å². The summed E-state index contributed by atoms with van der Waals surface area (Å²) in [7, 11) is 0. The number of hydrogen-bond donors (Lipinski definition) is 1. The van der Waals surface area contributed by atoms with Crippen molar-refractivity contribution in [2.45, 2.75) is 20.1 Å². The Kier molecular flexibility index (Phi) is 4.12. The Morgan fingerprint density at radius 3 is 2.89 bits per heavy atom. The minimum atomic E-state index is -0.152. The van der Waals surface area contributed by atoms with Crippen LogP contribution in [0.1, 0.15) is 17.0 Å². The molecular weight excluding hydrogens is 252 g/mol. The van der Waals surface area contributed by atoms with Gasteiger partial charge in [0.05, 0.1) is 11.6 Å². The standard InChI is InChI=1S/C13H13ClN2O2/c1-9-2-3-13(12(7-17)16-9)18-8-10-4-5-15-6-11(10)14/h2-6,17H,7-8H2,1H3. The van der Waals surface area contributed by atoms with E-state index in [4.69, 9.17) is 16.3 Å². The number of hydrogen-bond acceptors (Lipinski definition) is 4. The lowest BCUT2D eigenvalue weighted by Crippen LogP contribution is -2.02. The summed E-state index contributed by atoms with van der Waals surface area (Å²) in [5.41, 5.74) is 2.21. The highest BCUT2D eigenvalue weighted by molar-refractivity contribution is 6.31. The zero-order valence-corrected chi connectivity index (χ0v) is 10.7. The molecule has 4 nitrogen and oxygen atoms in total. The number of rotatable bonds is 4. The van der Waals surface area contributed by atoms with Crippen LogP contribution in [0.15, 0.2) is 30.6 Å². The second-order valence-corrected chi connectivity index (χ2v) is 4.22. The molecule has 94 valence electrons. The predicted molar refractivity (Wildman–Crippen MR) is 68.5 cm³/mol. The van der Waals surface area contributed by atoms with E-state index in [2.05, 4.69) is 9.97 Å². The molecule has 0 fully saturated rings. The van der Waals surface area contributed by atoms with Gasteiger partial charge in [-0.05, 0) is 25.1 Å². The molecular formula is C13H13ClN2O2. The topological polar surface area (TPSA) is 55.2 Å². The van der Waals surface area contributed by atoms with E-state index in [0.29, 0.717) is 23.1 Å². The van der Waals surface area contributed by atoms with Gasteiger partial charge in [-0.3, -0.25) is 9.97 Å². The van der Waals surface area contributed by atoms with E-state index in [1.165, 1.54) is 0 Å². The smallest absolute Gasteiger partial charge is 0.143 e. The Bertz CT molecular complexity index is 546. The van der Waals surface area contributed by atoms with E-state index in [9.17, 15) is 5.11 Å². The van der Waals surface area contributed by atoms with Crippen LogP contribution in [0.2, 0.25) is 5.02 Å². The molecule has 5 heteroatoms. The number of halogens is 1. The first-order valence-electron chi connectivity index (χ1n) is 5.49. The van der Waals surface area contributed by atoms with Crippen LogP contribution >= 0.6 is 11.6 Å². The van der Waals surface area contributed by atoms with E-state index in [1.54, 1.807) is 24.5 Å². The summed E-state index contributed by atoms with van der Waals surface area (Å²) in [5, 5.41) is 9.77. The van der Waals surface area contributed by atoms with Gasteiger partial charge >= 0.3 is 0 Å². The lowest BCUT2D eigenvalue weighted by atomic mass is 10.2. The van der Waals surface area contributed by atoms with Crippen molar-refractivity contribution < 1.29 is 9.84 Å². The zero-order chi connectivity index (χ0) is 13.0. The first-order valence-corrected chi connectivity index (χ1v) is 5.87. The van der Waals surface area contributed by atoms with Crippen LogP contribution in [-0.4, -0.2) is 15.1 Å². The molecule has 0 aromatic carbocycles. The van der Waals surface area contributed by atoms with Crippen LogP contribution in [0, 0.1) is 6.92 Å². The van der Waals surface area contributed by atoms with E-state index in [-0.39, 0.29) is 6.61 Å². The van der Waals surface area contributed by atoms with Gasteiger partial charge in [-0.15, -0.1) is 0 Å². The second-order valence-electron chi connectivity index (χ2n) is 3.81. The highest BCUT2D eigenvalue weighted by Crippen LogP contribution is 2.20. The molecule has 2 rings (SSSR count). The maximum Gasteiger partial charge on any atom is 0.143 e. The largest absolute Gasteiger partial charge is 0.487 e. The first kappa shape index (κ1) is 12.8. The minimum Gasteiger partial charge on any atom is -0.487 e. The third kappa shape index (κ3) is 2.97. The van der Waals surface area contributed by atoms with Crippen LogP contribution in [-0.2, 0) is 13.2 Å². The second kappa shape index (κ2) is 5.80. The van der Waals surface area contributed by atoms with Gasteiger partial charge in [0.15, 0.2) is 0 Å². The lowest BCUT2D eigenvalue weighted by molar-refractivity contribution is 0.253. The van der Waals surface area contributed by atoms with E-state index in [0.717, 1.165) is 11.3 Å². The molecule has 2 heterocycles. The van der Waals surface area contributed by atoms with Gasteiger partial charge in [0.1, 0.15) is 18.1 Å². The minimum absolute atomic E-state index is 0.152. The fourth-order valence-electron chi connectivity index (χ4n) is 1.52. The van der Waals surface area contributed by atoms with Gasteiger partial charge in [0, 0.05) is 23.7 Å². The molecule has 0 atom stereocenters. The summed E-state index contributed by atoms with van der Waals surface area (Å²) < 4.78 is 5.62. The lowest BCUT2D eigenvalue weighted by Gasteiger charge is -2.10. The fourth-order valence-corrected chi connectivity index (χ4v) is 1.69. The number of nitrogens with zero attached hydrogens (tertiary/aromatic N) is 2. The molecule has 2 aromatic rings. The van der Waals surface area contributed by atoms with Gasteiger partial charge in [-0.1, -0.05) is 11.6 Å². The number of aliphatic hydroxyl groups is 1. The summed E-state index contributed by atoms with van der Waals surface area (Å²) >= 11 is 5.98. The Hall–Kier alpha value is -1.65. The molecule has 1 N–H and O–H groups in total. The molecule has 0 aliphatic heterocycles. The highest BCUT2D eigenvalue weighted by atomic mass is 35.5. The van der Waals surface area contributed by atoms with Gasteiger partial charge in [-0.2, -0.15) is 0 Å². The van der Waals surface area contributed by atoms with Gasteiger partial charge < -0.3 is 9.84 Å². The molecule has 0 aliphatic carbocycles. The van der Waals surface area contributed by atoms with Crippen molar-refractivity contribution in [3.8, 4) is 5.75 Å². The van der Waals surface area contributed by atoms with Crippen molar-refractivity contribution in [3.05, 3.63) is 52.6 Å². The number of aliphatic hydroxyl groups excluding tert-OH is 1. The molecule has 0 aliphatic rings.